The molecule has 1 unspecified atom stereocenters. The summed E-state index contributed by atoms with van der Waals surface area (Å²) in [5.41, 5.74) is 1.12. The summed E-state index contributed by atoms with van der Waals surface area (Å²) in [5.74, 6) is 0.507. The van der Waals surface area contributed by atoms with Gasteiger partial charge in [0.1, 0.15) is 5.82 Å². The van der Waals surface area contributed by atoms with E-state index in [1.54, 1.807) is 0 Å². The highest BCUT2D eigenvalue weighted by Gasteiger charge is 2.04. The summed E-state index contributed by atoms with van der Waals surface area (Å²) in [6.45, 7) is 2.89. The summed E-state index contributed by atoms with van der Waals surface area (Å²) in [5, 5.41) is 7.11. The molecule has 96 valence electrons. The second-order valence-corrected chi connectivity index (χ2v) is 4.28. The summed E-state index contributed by atoms with van der Waals surface area (Å²) in [4.78, 5) is 3.95. The molecule has 1 atom stereocenters. The zero-order valence-corrected chi connectivity index (χ0v) is 10.3. The number of nitrogens with one attached hydrogen (secondary N) is 1. The number of rotatable bonds is 6. The third-order valence-electron chi connectivity index (χ3n) is 2.70. The molecular weight excluding hydrogens is 233 g/mol. The molecule has 1 heterocycles. The van der Waals surface area contributed by atoms with E-state index in [-0.39, 0.29) is 5.82 Å². The molecule has 2 aromatic rings. The Morgan fingerprint density at radius 2 is 2.11 bits per heavy atom. The zero-order chi connectivity index (χ0) is 12.8. The number of hydrogen-bond donors (Lipinski definition) is 1. The maximum Gasteiger partial charge on any atom is 0.213 e. The molecule has 2 rings (SSSR count). The van der Waals surface area contributed by atoms with E-state index in [4.69, 9.17) is 0 Å². The average Bonchev–Trinajstić information content (AvgIpc) is 2.85. The van der Waals surface area contributed by atoms with E-state index in [1.165, 1.54) is 18.5 Å². The van der Waals surface area contributed by atoms with Gasteiger partial charge >= 0.3 is 0 Å². The highest BCUT2D eigenvalue weighted by atomic mass is 19.1. The molecule has 0 saturated heterocycles. The van der Waals surface area contributed by atoms with E-state index in [0.29, 0.717) is 11.9 Å². The van der Waals surface area contributed by atoms with Gasteiger partial charge in [-0.3, -0.25) is 0 Å². The highest BCUT2D eigenvalue weighted by Crippen LogP contribution is 2.05. The molecule has 0 aliphatic rings. The van der Waals surface area contributed by atoms with Crippen LogP contribution in [0, 0.1) is 5.82 Å². The fourth-order valence-corrected chi connectivity index (χ4v) is 1.78. The standard InChI is InChI=1S/C13H16FN3O/c1-10(8-11-2-4-12(14)5-3-11)15-7-6-13-16-9-18-17-13/h2-5,9-10,15H,6-8H2,1H3. The van der Waals surface area contributed by atoms with Crippen LogP contribution in [0.25, 0.3) is 0 Å². The van der Waals surface area contributed by atoms with Crippen LogP contribution in [0.3, 0.4) is 0 Å². The van der Waals surface area contributed by atoms with Crippen molar-refractivity contribution in [2.24, 2.45) is 0 Å². The van der Waals surface area contributed by atoms with Crippen LogP contribution < -0.4 is 5.32 Å². The lowest BCUT2D eigenvalue weighted by Crippen LogP contribution is -2.30. The van der Waals surface area contributed by atoms with E-state index >= 15 is 0 Å². The fraction of sp³-hybridized carbons (Fsp3) is 0.385. The smallest absolute Gasteiger partial charge is 0.213 e. The first-order valence-electron chi connectivity index (χ1n) is 5.97. The molecule has 0 bridgehead atoms. The van der Waals surface area contributed by atoms with Gasteiger partial charge in [-0.05, 0) is 31.0 Å². The average molecular weight is 249 g/mol. The Kier molecular flexibility index (Phi) is 4.41. The van der Waals surface area contributed by atoms with E-state index < -0.39 is 0 Å². The minimum Gasteiger partial charge on any atom is -0.343 e. The molecule has 4 nitrogen and oxygen atoms in total. The second-order valence-electron chi connectivity index (χ2n) is 4.28. The van der Waals surface area contributed by atoms with Crippen LogP contribution in [0.2, 0.25) is 0 Å². The van der Waals surface area contributed by atoms with Crippen molar-refractivity contribution in [3.63, 3.8) is 0 Å². The Bertz CT molecular complexity index is 456. The van der Waals surface area contributed by atoms with Crippen LogP contribution >= 0.6 is 0 Å². The van der Waals surface area contributed by atoms with E-state index in [0.717, 1.165) is 24.9 Å². The quantitative estimate of drug-likeness (QED) is 0.850. The Morgan fingerprint density at radius 3 is 2.78 bits per heavy atom. The number of hydrogen-bond acceptors (Lipinski definition) is 4. The van der Waals surface area contributed by atoms with Gasteiger partial charge in [0, 0.05) is 19.0 Å². The number of benzene rings is 1. The minimum absolute atomic E-state index is 0.198. The summed E-state index contributed by atoms with van der Waals surface area (Å²) in [6.07, 6.45) is 2.94. The van der Waals surface area contributed by atoms with Crippen molar-refractivity contribution in [3.05, 3.63) is 47.9 Å². The minimum atomic E-state index is -0.198. The fourth-order valence-electron chi connectivity index (χ4n) is 1.78. The molecule has 0 fully saturated rings. The van der Waals surface area contributed by atoms with Crippen LogP contribution in [-0.2, 0) is 12.8 Å². The van der Waals surface area contributed by atoms with Gasteiger partial charge in [0.25, 0.3) is 0 Å². The SMILES string of the molecule is CC(Cc1ccc(F)cc1)NCCc1ncon1. The second kappa shape index (κ2) is 6.26. The normalized spacial score (nSPS) is 12.6. The predicted molar refractivity (Wildman–Crippen MR) is 65.6 cm³/mol. The van der Waals surface area contributed by atoms with Gasteiger partial charge in [-0.25, -0.2) is 4.39 Å². The van der Waals surface area contributed by atoms with Crippen LogP contribution in [-0.4, -0.2) is 22.7 Å². The molecule has 18 heavy (non-hydrogen) atoms. The van der Waals surface area contributed by atoms with Crippen molar-refractivity contribution in [2.45, 2.75) is 25.8 Å². The van der Waals surface area contributed by atoms with Gasteiger partial charge in [0.2, 0.25) is 6.39 Å². The number of aromatic nitrogens is 2. The van der Waals surface area contributed by atoms with Crippen molar-refractivity contribution in [1.29, 1.82) is 0 Å². The first-order chi connectivity index (χ1) is 8.74. The maximum absolute atomic E-state index is 12.7. The Labute approximate surface area is 105 Å². The number of halogens is 1. The molecule has 0 saturated carbocycles. The summed E-state index contributed by atoms with van der Waals surface area (Å²) in [7, 11) is 0. The van der Waals surface area contributed by atoms with E-state index in [2.05, 4.69) is 26.9 Å². The first-order valence-corrected chi connectivity index (χ1v) is 5.97. The molecule has 0 aliphatic heterocycles. The number of nitrogens with zero attached hydrogens (tertiary/aromatic N) is 2. The molecule has 1 aromatic carbocycles. The third kappa shape index (κ3) is 3.92. The Balaban J connectivity index is 1.71. The summed E-state index contributed by atoms with van der Waals surface area (Å²) < 4.78 is 17.4. The largest absolute Gasteiger partial charge is 0.343 e. The zero-order valence-electron chi connectivity index (χ0n) is 10.3. The van der Waals surface area contributed by atoms with Crippen molar-refractivity contribution in [3.8, 4) is 0 Å². The molecule has 0 radical (unpaired) electrons. The molecule has 0 aliphatic carbocycles. The predicted octanol–water partition coefficient (Wildman–Crippen LogP) is 1.97. The lowest BCUT2D eigenvalue weighted by molar-refractivity contribution is 0.408. The van der Waals surface area contributed by atoms with E-state index in [9.17, 15) is 4.39 Å². The van der Waals surface area contributed by atoms with Crippen molar-refractivity contribution in [2.75, 3.05) is 6.54 Å². The van der Waals surface area contributed by atoms with Gasteiger partial charge in [-0.15, -0.1) is 0 Å². The lowest BCUT2D eigenvalue weighted by atomic mass is 10.1. The van der Waals surface area contributed by atoms with Gasteiger partial charge < -0.3 is 9.84 Å². The van der Waals surface area contributed by atoms with Crippen LogP contribution in [0.4, 0.5) is 4.39 Å². The molecule has 0 spiro atoms. The van der Waals surface area contributed by atoms with Crippen molar-refractivity contribution < 1.29 is 8.91 Å². The van der Waals surface area contributed by atoms with Gasteiger partial charge in [0.15, 0.2) is 5.82 Å². The molecule has 1 N–H and O–H groups in total. The molecule has 0 amide bonds. The molecular formula is C13H16FN3O. The molecule has 1 aromatic heterocycles. The van der Waals surface area contributed by atoms with Crippen molar-refractivity contribution >= 4 is 0 Å². The third-order valence-corrected chi connectivity index (χ3v) is 2.70. The monoisotopic (exact) mass is 249 g/mol. The Hall–Kier alpha value is -1.75. The topological polar surface area (TPSA) is 51.0 Å². The van der Waals surface area contributed by atoms with Crippen LogP contribution in [0.5, 0.6) is 0 Å². The van der Waals surface area contributed by atoms with Gasteiger partial charge in [-0.2, -0.15) is 4.98 Å². The van der Waals surface area contributed by atoms with Crippen LogP contribution in [0.1, 0.15) is 18.3 Å². The molecule has 5 heteroatoms. The highest BCUT2D eigenvalue weighted by molar-refractivity contribution is 5.16. The van der Waals surface area contributed by atoms with Crippen LogP contribution in [0.15, 0.2) is 35.2 Å². The van der Waals surface area contributed by atoms with Gasteiger partial charge in [0.05, 0.1) is 0 Å². The summed E-state index contributed by atoms with van der Waals surface area (Å²) >= 11 is 0. The first kappa shape index (κ1) is 12.7. The van der Waals surface area contributed by atoms with Gasteiger partial charge in [-0.1, -0.05) is 17.3 Å². The van der Waals surface area contributed by atoms with Crippen molar-refractivity contribution in [1.82, 2.24) is 15.5 Å². The lowest BCUT2D eigenvalue weighted by Gasteiger charge is -2.13. The maximum atomic E-state index is 12.7. The van der Waals surface area contributed by atoms with E-state index in [1.807, 2.05) is 12.1 Å². The summed E-state index contributed by atoms with van der Waals surface area (Å²) in [6, 6.07) is 6.92. The Morgan fingerprint density at radius 1 is 1.33 bits per heavy atom.